The molecule has 2 unspecified atom stereocenters. The van der Waals surface area contributed by atoms with E-state index in [2.05, 4.69) is 53.3 Å². The molecule has 20 heavy (non-hydrogen) atoms. The van der Waals surface area contributed by atoms with Crippen LogP contribution in [0.4, 0.5) is 0 Å². The zero-order valence-electron chi connectivity index (χ0n) is 12.1. The van der Waals surface area contributed by atoms with Gasteiger partial charge in [-0.1, -0.05) is 31.2 Å². The lowest BCUT2D eigenvalue weighted by Gasteiger charge is -2.34. The Kier molecular flexibility index (Phi) is 4.54. The molecule has 0 saturated carbocycles. The van der Waals surface area contributed by atoms with E-state index in [1.165, 1.54) is 36.8 Å². The predicted molar refractivity (Wildman–Crippen MR) is 87.3 cm³/mol. The average molecular weight is 285 g/mol. The Hall–Kier alpha value is -1.12. The van der Waals surface area contributed by atoms with Gasteiger partial charge in [-0.2, -0.15) is 11.3 Å². The molecule has 3 rings (SSSR count). The fourth-order valence-electron chi connectivity index (χ4n) is 3.33. The molecule has 2 heteroatoms. The monoisotopic (exact) mass is 285 g/mol. The molecule has 1 aliphatic carbocycles. The van der Waals surface area contributed by atoms with Gasteiger partial charge in [-0.3, -0.25) is 0 Å². The highest BCUT2D eigenvalue weighted by Crippen LogP contribution is 2.36. The van der Waals surface area contributed by atoms with Crippen LogP contribution in [0.1, 0.15) is 42.5 Å². The van der Waals surface area contributed by atoms with Crippen molar-refractivity contribution in [1.29, 1.82) is 0 Å². The Morgan fingerprint density at radius 1 is 1.25 bits per heavy atom. The molecule has 2 aromatic rings. The van der Waals surface area contributed by atoms with E-state index < -0.39 is 0 Å². The SMILES string of the molecule is CCCNC1c2ccccc2CCC1Cc1ccsc1. The van der Waals surface area contributed by atoms with Crippen molar-refractivity contribution in [2.45, 2.75) is 38.6 Å². The minimum absolute atomic E-state index is 0.528. The van der Waals surface area contributed by atoms with E-state index in [1.54, 1.807) is 5.56 Å². The Bertz CT molecular complexity index is 532. The van der Waals surface area contributed by atoms with Crippen LogP contribution in [-0.4, -0.2) is 6.54 Å². The predicted octanol–water partition coefficient (Wildman–Crippen LogP) is 4.59. The Morgan fingerprint density at radius 3 is 2.95 bits per heavy atom. The van der Waals surface area contributed by atoms with Gasteiger partial charge in [-0.15, -0.1) is 0 Å². The summed E-state index contributed by atoms with van der Waals surface area (Å²) in [7, 11) is 0. The van der Waals surface area contributed by atoms with Crippen LogP contribution in [0.3, 0.4) is 0 Å². The minimum Gasteiger partial charge on any atom is -0.310 e. The molecule has 1 nitrogen and oxygen atoms in total. The van der Waals surface area contributed by atoms with E-state index in [0.29, 0.717) is 6.04 Å². The van der Waals surface area contributed by atoms with Gasteiger partial charge in [0.2, 0.25) is 0 Å². The summed E-state index contributed by atoms with van der Waals surface area (Å²) in [6.07, 6.45) is 4.94. The van der Waals surface area contributed by atoms with Gasteiger partial charge in [-0.25, -0.2) is 0 Å². The third kappa shape index (κ3) is 2.97. The topological polar surface area (TPSA) is 12.0 Å². The van der Waals surface area contributed by atoms with E-state index in [9.17, 15) is 0 Å². The van der Waals surface area contributed by atoms with Gasteiger partial charge >= 0.3 is 0 Å². The maximum atomic E-state index is 3.79. The number of aryl methyl sites for hydroxylation is 1. The molecule has 0 bridgehead atoms. The fourth-order valence-corrected chi connectivity index (χ4v) is 4.02. The minimum atomic E-state index is 0.528. The van der Waals surface area contributed by atoms with Crippen molar-refractivity contribution < 1.29 is 0 Å². The third-order valence-electron chi connectivity index (χ3n) is 4.34. The Morgan fingerprint density at radius 2 is 2.15 bits per heavy atom. The highest BCUT2D eigenvalue weighted by Gasteiger charge is 2.28. The highest BCUT2D eigenvalue weighted by molar-refractivity contribution is 7.07. The van der Waals surface area contributed by atoms with E-state index in [1.807, 2.05) is 11.3 Å². The van der Waals surface area contributed by atoms with Crippen LogP contribution in [0.15, 0.2) is 41.1 Å². The molecule has 1 aromatic heterocycles. The van der Waals surface area contributed by atoms with Crippen LogP contribution in [0.2, 0.25) is 0 Å². The lowest BCUT2D eigenvalue weighted by Crippen LogP contribution is -2.34. The van der Waals surface area contributed by atoms with Crippen molar-refractivity contribution in [2.75, 3.05) is 6.54 Å². The van der Waals surface area contributed by atoms with Crippen molar-refractivity contribution in [3.05, 3.63) is 57.8 Å². The summed E-state index contributed by atoms with van der Waals surface area (Å²) in [6.45, 7) is 3.36. The van der Waals surface area contributed by atoms with E-state index >= 15 is 0 Å². The number of nitrogens with one attached hydrogen (secondary N) is 1. The zero-order valence-corrected chi connectivity index (χ0v) is 13.0. The number of fused-ring (bicyclic) bond motifs is 1. The summed E-state index contributed by atoms with van der Waals surface area (Å²) in [4.78, 5) is 0. The smallest absolute Gasteiger partial charge is 0.0354 e. The largest absolute Gasteiger partial charge is 0.310 e. The van der Waals surface area contributed by atoms with Crippen LogP contribution in [0, 0.1) is 5.92 Å². The van der Waals surface area contributed by atoms with Gasteiger partial charge in [0.1, 0.15) is 0 Å². The molecule has 106 valence electrons. The number of benzene rings is 1. The third-order valence-corrected chi connectivity index (χ3v) is 5.07. The number of rotatable bonds is 5. The van der Waals surface area contributed by atoms with Gasteiger partial charge in [0, 0.05) is 6.04 Å². The van der Waals surface area contributed by atoms with Crippen molar-refractivity contribution in [3.63, 3.8) is 0 Å². The highest BCUT2D eigenvalue weighted by atomic mass is 32.1. The van der Waals surface area contributed by atoms with E-state index in [0.717, 1.165) is 12.5 Å². The molecule has 0 fully saturated rings. The summed E-state index contributed by atoms with van der Waals surface area (Å²) in [5, 5.41) is 8.29. The molecule has 2 atom stereocenters. The second-order valence-electron chi connectivity index (χ2n) is 5.77. The molecule has 1 aliphatic rings. The van der Waals surface area contributed by atoms with Crippen LogP contribution in [-0.2, 0) is 12.8 Å². The molecule has 1 N–H and O–H groups in total. The summed E-state index contributed by atoms with van der Waals surface area (Å²) in [5.41, 5.74) is 4.58. The van der Waals surface area contributed by atoms with Crippen LogP contribution < -0.4 is 5.32 Å². The molecule has 0 spiro atoms. The second kappa shape index (κ2) is 6.55. The zero-order chi connectivity index (χ0) is 13.8. The lowest BCUT2D eigenvalue weighted by atomic mass is 9.77. The molecule has 1 heterocycles. The van der Waals surface area contributed by atoms with Gasteiger partial charge in [0.05, 0.1) is 0 Å². The summed E-state index contributed by atoms with van der Waals surface area (Å²) in [6, 6.07) is 11.8. The Balaban J connectivity index is 1.82. The fraction of sp³-hybridized carbons (Fsp3) is 0.444. The van der Waals surface area contributed by atoms with Gasteiger partial charge in [-0.05, 0) is 71.7 Å². The molecular weight excluding hydrogens is 262 g/mol. The quantitative estimate of drug-likeness (QED) is 0.847. The van der Waals surface area contributed by atoms with Crippen molar-refractivity contribution in [2.24, 2.45) is 5.92 Å². The number of thiophene rings is 1. The van der Waals surface area contributed by atoms with Crippen LogP contribution in [0.25, 0.3) is 0 Å². The molecule has 0 aliphatic heterocycles. The molecule has 0 amide bonds. The van der Waals surface area contributed by atoms with Crippen LogP contribution in [0.5, 0.6) is 0 Å². The molecular formula is C18H23NS. The molecule has 0 saturated heterocycles. The first-order chi connectivity index (χ1) is 9.88. The van der Waals surface area contributed by atoms with Crippen molar-refractivity contribution in [3.8, 4) is 0 Å². The van der Waals surface area contributed by atoms with Gasteiger partial charge < -0.3 is 5.32 Å². The normalized spacial score (nSPS) is 21.6. The lowest BCUT2D eigenvalue weighted by molar-refractivity contribution is 0.319. The first-order valence-corrected chi connectivity index (χ1v) is 8.65. The first kappa shape index (κ1) is 13.8. The second-order valence-corrected chi connectivity index (χ2v) is 6.55. The Labute approximate surface area is 126 Å². The first-order valence-electron chi connectivity index (χ1n) is 7.70. The van der Waals surface area contributed by atoms with Gasteiger partial charge in [0.15, 0.2) is 0 Å². The maximum absolute atomic E-state index is 3.79. The number of hydrogen-bond donors (Lipinski definition) is 1. The summed E-state index contributed by atoms with van der Waals surface area (Å²) < 4.78 is 0. The van der Waals surface area contributed by atoms with Crippen LogP contribution >= 0.6 is 11.3 Å². The maximum Gasteiger partial charge on any atom is 0.0354 e. The van der Waals surface area contributed by atoms with E-state index in [-0.39, 0.29) is 0 Å². The number of hydrogen-bond acceptors (Lipinski definition) is 2. The van der Waals surface area contributed by atoms with Crippen molar-refractivity contribution >= 4 is 11.3 Å². The average Bonchev–Trinajstić information content (AvgIpc) is 2.99. The molecule has 1 aromatic carbocycles. The molecule has 0 radical (unpaired) electrons. The van der Waals surface area contributed by atoms with Crippen molar-refractivity contribution in [1.82, 2.24) is 5.32 Å². The summed E-state index contributed by atoms with van der Waals surface area (Å²) >= 11 is 1.81. The summed E-state index contributed by atoms with van der Waals surface area (Å²) in [5.74, 6) is 0.728. The van der Waals surface area contributed by atoms with E-state index in [4.69, 9.17) is 0 Å². The van der Waals surface area contributed by atoms with Gasteiger partial charge in [0.25, 0.3) is 0 Å². The standard InChI is InChI=1S/C18H23NS/c1-2-10-19-18-16(12-14-9-11-20-13-14)8-7-15-5-3-4-6-17(15)18/h3-6,9,11,13,16,18-19H,2,7-8,10,12H2,1H3.